The summed E-state index contributed by atoms with van der Waals surface area (Å²) in [6, 6.07) is 28.6. The van der Waals surface area contributed by atoms with Gasteiger partial charge in [0.25, 0.3) is 10.0 Å². The number of carbonyl (C=O) groups is 2. The number of hydrogen-bond donors (Lipinski definition) is 1. The molecule has 2 amide bonds. The van der Waals surface area contributed by atoms with E-state index >= 15 is 0 Å². The first-order chi connectivity index (χ1) is 22.1. The lowest BCUT2D eigenvalue weighted by atomic mass is 10.0. The minimum absolute atomic E-state index is 0.0250. The van der Waals surface area contributed by atoms with Crippen LogP contribution in [0.4, 0.5) is 5.69 Å². The van der Waals surface area contributed by atoms with Gasteiger partial charge in [-0.25, -0.2) is 8.42 Å². The highest BCUT2D eigenvalue weighted by Crippen LogP contribution is 2.29. The molecular formula is C36H40ClN3O5S. The van der Waals surface area contributed by atoms with Crippen LogP contribution in [0.25, 0.3) is 0 Å². The fraction of sp³-hybridized carbons (Fsp3) is 0.278. The number of unbranched alkanes of at least 4 members (excludes halogenated alkanes) is 1. The Balaban J connectivity index is 1.81. The average molecular weight is 662 g/mol. The number of methoxy groups -OCH3 is 1. The van der Waals surface area contributed by atoms with E-state index in [4.69, 9.17) is 16.3 Å². The van der Waals surface area contributed by atoms with Gasteiger partial charge in [-0.15, -0.1) is 0 Å². The monoisotopic (exact) mass is 661 g/mol. The minimum atomic E-state index is -4.21. The Morgan fingerprint density at radius 1 is 0.891 bits per heavy atom. The predicted molar refractivity (Wildman–Crippen MR) is 183 cm³/mol. The zero-order valence-electron chi connectivity index (χ0n) is 26.4. The maximum absolute atomic E-state index is 14.6. The summed E-state index contributed by atoms with van der Waals surface area (Å²) < 4.78 is 34.7. The molecule has 0 spiro atoms. The lowest BCUT2D eigenvalue weighted by Gasteiger charge is -2.34. The SMILES string of the molecule is CCCCNC(=O)C(Cc1ccccc1)N(Cc1cccc(OC)c1)C(=O)CN(c1ccc(C)c(Cl)c1)S(=O)(=O)c1ccccc1. The van der Waals surface area contributed by atoms with E-state index in [0.717, 1.165) is 33.8 Å². The smallest absolute Gasteiger partial charge is 0.264 e. The molecule has 46 heavy (non-hydrogen) atoms. The summed E-state index contributed by atoms with van der Waals surface area (Å²) >= 11 is 6.45. The summed E-state index contributed by atoms with van der Waals surface area (Å²) in [6.07, 6.45) is 1.91. The van der Waals surface area contributed by atoms with Crippen molar-refractivity contribution in [1.29, 1.82) is 0 Å². The third-order valence-corrected chi connectivity index (χ3v) is 9.84. The number of carbonyl (C=O) groups excluding carboxylic acids is 2. The maximum Gasteiger partial charge on any atom is 0.264 e. The zero-order valence-corrected chi connectivity index (χ0v) is 27.9. The molecule has 0 aliphatic rings. The first-order valence-electron chi connectivity index (χ1n) is 15.2. The number of nitrogens with zero attached hydrogens (tertiary/aromatic N) is 2. The molecule has 0 aliphatic heterocycles. The molecule has 4 aromatic rings. The van der Waals surface area contributed by atoms with E-state index < -0.39 is 28.5 Å². The van der Waals surface area contributed by atoms with Crippen molar-refractivity contribution in [2.45, 2.75) is 50.6 Å². The first-order valence-corrected chi connectivity index (χ1v) is 17.0. The van der Waals surface area contributed by atoms with E-state index in [9.17, 15) is 18.0 Å². The van der Waals surface area contributed by atoms with Crippen molar-refractivity contribution in [2.75, 3.05) is 24.5 Å². The second-order valence-corrected chi connectivity index (χ2v) is 13.3. The number of hydrogen-bond acceptors (Lipinski definition) is 5. The maximum atomic E-state index is 14.6. The van der Waals surface area contributed by atoms with Crippen molar-refractivity contribution in [2.24, 2.45) is 0 Å². The molecule has 0 radical (unpaired) electrons. The highest BCUT2D eigenvalue weighted by molar-refractivity contribution is 7.92. The second-order valence-electron chi connectivity index (χ2n) is 11.0. The van der Waals surface area contributed by atoms with Gasteiger partial charge >= 0.3 is 0 Å². The van der Waals surface area contributed by atoms with Crippen molar-refractivity contribution in [3.05, 3.63) is 125 Å². The number of sulfonamides is 1. The molecular weight excluding hydrogens is 622 g/mol. The van der Waals surface area contributed by atoms with Gasteiger partial charge in [0.1, 0.15) is 18.3 Å². The van der Waals surface area contributed by atoms with Crippen LogP contribution in [0.1, 0.15) is 36.5 Å². The van der Waals surface area contributed by atoms with Gasteiger partial charge in [0.2, 0.25) is 11.8 Å². The number of ether oxygens (including phenoxy) is 1. The Bertz CT molecular complexity index is 1720. The van der Waals surface area contributed by atoms with Gasteiger partial charge < -0.3 is 15.0 Å². The number of halogens is 1. The molecule has 242 valence electrons. The zero-order chi connectivity index (χ0) is 33.1. The molecule has 0 aromatic heterocycles. The fourth-order valence-electron chi connectivity index (χ4n) is 5.01. The fourth-order valence-corrected chi connectivity index (χ4v) is 6.61. The molecule has 10 heteroatoms. The number of amides is 2. The minimum Gasteiger partial charge on any atom is -0.497 e. The Kier molecular flexibility index (Phi) is 12.2. The Morgan fingerprint density at radius 3 is 2.22 bits per heavy atom. The lowest BCUT2D eigenvalue weighted by Crippen LogP contribution is -2.53. The van der Waals surface area contributed by atoms with Gasteiger partial charge in [0.15, 0.2) is 0 Å². The molecule has 0 saturated carbocycles. The van der Waals surface area contributed by atoms with Crippen LogP contribution in [0, 0.1) is 6.92 Å². The second kappa shape index (κ2) is 16.3. The molecule has 0 fully saturated rings. The largest absolute Gasteiger partial charge is 0.497 e. The van der Waals surface area contributed by atoms with Crippen molar-refractivity contribution >= 4 is 39.1 Å². The van der Waals surface area contributed by atoms with Crippen molar-refractivity contribution < 1.29 is 22.7 Å². The number of aryl methyl sites for hydroxylation is 1. The van der Waals surface area contributed by atoms with Gasteiger partial charge in [-0.3, -0.25) is 13.9 Å². The van der Waals surface area contributed by atoms with Crippen LogP contribution >= 0.6 is 11.6 Å². The van der Waals surface area contributed by atoms with Gasteiger partial charge in [0.05, 0.1) is 17.7 Å². The highest BCUT2D eigenvalue weighted by atomic mass is 35.5. The van der Waals surface area contributed by atoms with Gasteiger partial charge in [-0.2, -0.15) is 0 Å². The molecule has 0 heterocycles. The first kappa shape index (κ1) is 34.5. The molecule has 8 nitrogen and oxygen atoms in total. The van der Waals surface area contributed by atoms with Crippen molar-refractivity contribution in [1.82, 2.24) is 10.2 Å². The number of anilines is 1. The van der Waals surface area contributed by atoms with E-state index in [1.165, 1.54) is 23.1 Å². The van der Waals surface area contributed by atoms with Crippen molar-refractivity contribution in [3.8, 4) is 5.75 Å². The van der Waals surface area contributed by atoms with E-state index in [2.05, 4.69) is 5.32 Å². The molecule has 4 aromatic carbocycles. The average Bonchev–Trinajstić information content (AvgIpc) is 3.07. The molecule has 1 atom stereocenters. The summed E-state index contributed by atoms with van der Waals surface area (Å²) in [5.41, 5.74) is 2.59. The standard InChI is InChI=1S/C36H40ClN3O5S/c1-4-5-21-38-36(42)34(23-28-13-8-6-9-14-28)39(25-29-15-12-16-31(22-29)45-3)35(41)26-40(30-20-19-27(2)33(37)24-30)46(43,44)32-17-10-7-11-18-32/h6-20,22,24,34H,4-5,21,23,25-26H2,1-3H3,(H,38,42). The third-order valence-electron chi connectivity index (χ3n) is 7.64. The number of nitrogens with one attached hydrogen (secondary N) is 1. The van der Waals surface area contributed by atoms with Crippen LogP contribution in [0.5, 0.6) is 5.75 Å². The molecule has 4 rings (SSSR count). The van der Waals surface area contributed by atoms with Crippen LogP contribution in [-0.4, -0.2) is 51.4 Å². The summed E-state index contributed by atoms with van der Waals surface area (Å²) in [7, 11) is -2.66. The van der Waals surface area contributed by atoms with Gasteiger partial charge in [-0.05, 0) is 66.4 Å². The Morgan fingerprint density at radius 2 is 1.57 bits per heavy atom. The van der Waals surface area contributed by atoms with Gasteiger partial charge in [-0.1, -0.05) is 91.7 Å². The van der Waals surface area contributed by atoms with Crippen LogP contribution in [0.2, 0.25) is 5.02 Å². The third kappa shape index (κ3) is 8.89. The van der Waals surface area contributed by atoms with E-state index in [1.54, 1.807) is 49.6 Å². The van der Waals surface area contributed by atoms with Crippen LogP contribution < -0.4 is 14.4 Å². The summed E-state index contributed by atoms with van der Waals surface area (Å²) in [6.45, 7) is 3.79. The molecule has 0 saturated heterocycles. The van der Waals surface area contributed by atoms with E-state index in [-0.39, 0.29) is 29.5 Å². The van der Waals surface area contributed by atoms with Crippen LogP contribution in [0.15, 0.2) is 108 Å². The Labute approximate surface area is 277 Å². The molecule has 1 unspecified atom stereocenters. The normalized spacial score (nSPS) is 11.8. The van der Waals surface area contributed by atoms with Crippen LogP contribution in [-0.2, 0) is 32.6 Å². The molecule has 0 aliphatic carbocycles. The lowest BCUT2D eigenvalue weighted by molar-refractivity contribution is -0.140. The van der Waals surface area contributed by atoms with Crippen molar-refractivity contribution in [3.63, 3.8) is 0 Å². The molecule has 0 bridgehead atoms. The topological polar surface area (TPSA) is 96.0 Å². The van der Waals surface area contributed by atoms with E-state index in [0.29, 0.717) is 17.3 Å². The number of rotatable bonds is 15. The number of benzene rings is 4. The summed E-state index contributed by atoms with van der Waals surface area (Å²) in [4.78, 5) is 29.9. The quantitative estimate of drug-likeness (QED) is 0.149. The summed E-state index contributed by atoms with van der Waals surface area (Å²) in [5.74, 6) is -0.269. The van der Waals surface area contributed by atoms with Crippen LogP contribution in [0.3, 0.4) is 0 Å². The van der Waals surface area contributed by atoms with E-state index in [1.807, 2.05) is 56.3 Å². The Hall–Kier alpha value is -4.34. The molecule has 1 N–H and O–H groups in total. The van der Waals surface area contributed by atoms with Gasteiger partial charge in [0, 0.05) is 24.5 Å². The summed E-state index contributed by atoms with van der Waals surface area (Å²) in [5, 5.41) is 3.36. The predicted octanol–water partition coefficient (Wildman–Crippen LogP) is 6.41. The highest BCUT2D eigenvalue weighted by Gasteiger charge is 2.34.